The van der Waals surface area contributed by atoms with Crippen LogP contribution in [0.4, 0.5) is 0 Å². The summed E-state index contributed by atoms with van der Waals surface area (Å²) in [7, 11) is 1.55. The van der Waals surface area contributed by atoms with E-state index in [4.69, 9.17) is 21.1 Å². The SMILES string of the molecule is COc1ccc(Cl)cc1C(=O)NCCCCN1CCO[C@H](c2ccccc2)C1. The molecule has 1 N–H and O–H groups in total. The number of methoxy groups -OCH3 is 1. The summed E-state index contributed by atoms with van der Waals surface area (Å²) in [6, 6.07) is 15.4. The van der Waals surface area contributed by atoms with Crippen LogP contribution in [-0.4, -0.2) is 50.7 Å². The van der Waals surface area contributed by atoms with Gasteiger partial charge < -0.3 is 14.8 Å². The van der Waals surface area contributed by atoms with Crippen molar-refractivity contribution >= 4 is 17.5 Å². The van der Waals surface area contributed by atoms with Crippen molar-refractivity contribution in [2.75, 3.05) is 39.9 Å². The van der Waals surface area contributed by atoms with Crippen LogP contribution in [0.1, 0.15) is 34.9 Å². The highest BCUT2D eigenvalue weighted by molar-refractivity contribution is 6.31. The monoisotopic (exact) mass is 402 g/mol. The number of halogens is 1. The molecule has 0 unspecified atom stereocenters. The molecular formula is C22H27ClN2O3. The number of amides is 1. The van der Waals surface area contributed by atoms with Crippen LogP contribution in [0.2, 0.25) is 5.02 Å². The van der Waals surface area contributed by atoms with E-state index in [1.54, 1.807) is 25.3 Å². The van der Waals surface area contributed by atoms with E-state index in [9.17, 15) is 4.79 Å². The lowest BCUT2D eigenvalue weighted by atomic mass is 10.1. The number of hydrogen-bond donors (Lipinski definition) is 1. The first-order valence-electron chi connectivity index (χ1n) is 9.68. The molecule has 0 saturated carbocycles. The quantitative estimate of drug-likeness (QED) is 0.679. The van der Waals surface area contributed by atoms with Crippen molar-refractivity contribution in [3.63, 3.8) is 0 Å². The summed E-state index contributed by atoms with van der Waals surface area (Å²) in [5.41, 5.74) is 1.70. The molecule has 3 rings (SSSR count). The molecule has 1 amide bonds. The molecule has 1 heterocycles. The van der Waals surface area contributed by atoms with Crippen molar-refractivity contribution in [1.82, 2.24) is 10.2 Å². The number of nitrogens with zero attached hydrogens (tertiary/aromatic N) is 1. The van der Waals surface area contributed by atoms with Gasteiger partial charge in [0.15, 0.2) is 0 Å². The first kappa shape index (κ1) is 20.6. The van der Waals surface area contributed by atoms with Crippen LogP contribution in [0, 0.1) is 0 Å². The zero-order chi connectivity index (χ0) is 19.8. The lowest BCUT2D eigenvalue weighted by Crippen LogP contribution is -2.39. The number of hydrogen-bond acceptors (Lipinski definition) is 4. The van der Waals surface area contributed by atoms with E-state index in [0.29, 0.717) is 22.9 Å². The Hall–Kier alpha value is -2.08. The Balaban J connectivity index is 1.39. The Labute approximate surface area is 171 Å². The van der Waals surface area contributed by atoms with Gasteiger partial charge in [-0.3, -0.25) is 9.69 Å². The van der Waals surface area contributed by atoms with Crippen molar-refractivity contribution in [2.24, 2.45) is 0 Å². The molecule has 0 bridgehead atoms. The topological polar surface area (TPSA) is 50.8 Å². The van der Waals surface area contributed by atoms with E-state index in [0.717, 1.165) is 39.1 Å². The number of carbonyl (C=O) groups excluding carboxylic acids is 1. The molecule has 28 heavy (non-hydrogen) atoms. The van der Waals surface area contributed by atoms with Gasteiger partial charge in [0, 0.05) is 24.7 Å². The normalized spacial score (nSPS) is 17.3. The highest BCUT2D eigenvalue weighted by Crippen LogP contribution is 2.23. The Kier molecular flexibility index (Phi) is 7.71. The first-order valence-corrected chi connectivity index (χ1v) is 10.1. The number of nitrogens with one attached hydrogen (secondary N) is 1. The van der Waals surface area contributed by atoms with E-state index in [1.165, 1.54) is 5.56 Å². The van der Waals surface area contributed by atoms with Gasteiger partial charge in [-0.05, 0) is 43.1 Å². The standard InChI is InChI=1S/C22H27ClN2O3/c1-27-20-10-9-18(23)15-19(20)22(26)24-11-5-6-12-25-13-14-28-21(16-25)17-7-3-2-4-8-17/h2-4,7-10,15,21H,5-6,11-14,16H2,1H3,(H,24,26)/t21-/m0/s1. The Morgan fingerprint density at radius 1 is 1.25 bits per heavy atom. The highest BCUT2D eigenvalue weighted by atomic mass is 35.5. The predicted molar refractivity (Wildman–Crippen MR) is 111 cm³/mol. The number of carbonyl (C=O) groups is 1. The van der Waals surface area contributed by atoms with Gasteiger partial charge in [0.1, 0.15) is 5.75 Å². The molecule has 1 fully saturated rings. The molecule has 0 aliphatic carbocycles. The van der Waals surface area contributed by atoms with Gasteiger partial charge in [-0.2, -0.15) is 0 Å². The van der Waals surface area contributed by atoms with Gasteiger partial charge in [-0.25, -0.2) is 0 Å². The smallest absolute Gasteiger partial charge is 0.255 e. The minimum absolute atomic E-state index is 0.143. The van der Waals surface area contributed by atoms with Gasteiger partial charge in [0.25, 0.3) is 5.91 Å². The Morgan fingerprint density at radius 3 is 2.86 bits per heavy atom. The fraction of sp³-hybridized carbons (Fsp3) is 0.409. The summed E-state index contributed by atoms with van der Waals surface area (Å²) in [5.74, 6) is 0.372. The minimum Gasteiger partial charge on any atom is -0.496 e. The predicted octanol–water partition coefficient (Wildman–Crippen LogP) is 3.93. The fourth-order valence-electron chi connectivity index (χ4n) is 3.39. The third-order valence-corrected chi connectivity index (χ3v) is 5.15. The summed E-state index contributed by atoms with van der Waals surface area (Å²) >= 11 is 5.99. The molecule has 1 saturated heterocycles. The van der Waals surface area contributed by atoms with Gasteiger partial charge in [0.05, 0.1) is 25.4 Å². The van der Waals surface area contributed by atoms with Gasteiger partial charge in [0.2, 0.25) is 0 Å². The second-order valence-electron chi connectivity index (χ2n) is 6.88. The second kappa shape index (κ2) is 10.5. The molecular weight excluding hydrogens is 376 g/mol. The Bertz CT molecular complexity index is 770. The highest BCUT2D eigenvalue weighted by Gasteiger charge is 2.21. The van der Waals surface area contributed by atoms with Crippen molar-refractivity contribution in [2.45, 2.75) is 18.9 Å². The molecule has 5 nitrogen and oxygen atoms in total. The number of benzene rings is 2. The number of morpholine rings is 1. The van der Waals surface area contributed by atoms with E-state index < -0.39 is 0 Å². The molecule has 1 aliphatic heterocycles. The summed E-state index contributed by atoms with van der Waals surface area (Å²) in [5, 5.41) is 3.47. The van der Waals surface area contributed by atoms with Crippen LogP contribution in [0.25, 0.3) is 0 Å². The van der Waals surface area contributed by atoms with E-state index in [1.807, 2.05) is 6.07 Å². The van der Waals surface area contributed by atoms with Crippen molar-refractivity contribution in [3.8, 4) is 5.75 Å². The maximum Gasteiger partial charge on any atom is 0.255 e. The second-order valence-corrected chi connectivity index (χ2v) is 7.31. The lowest BCUT2D eigenvalue weighted by molar-refractivity contribution is -0.0303. The molecule has 2 aromatic carbocycles. The zero-order valence-corrected chi connectivity index (χ0v) is 17.0. The van der Waals surface area contributed by atoms with Crippen LogP contribution in [0.5, 0.6) is 5.75 Å². The maximum atomic E-state index is 12.4. The van der Waals surface area contributed by atoms with Gasteiger partial charge >= 0.3 is 0 Å². The summed E-state index contributed by atoms with van der Waals surface area (Å²) in [6.45, 7) is 4.25. The van der Waals surface area contributed by atoms with E-state index in [-0.39, 0.29) is 12.0 Å². The summed E-state index contributed by atoms with van der Waals surface area (Å²) in [6.07, 6.45) is 2.08. The molecule has 0 spiro atoms. The van der Waals surface area contributed by atoms with Gasteiger partial charge in [-0.1, -0.05) is 41.9 Å². The van der Waals surface area contributed by atoms with Crippen molar-refractivity contribution < 1.29 is 14.3 Å². The Morgan fingerprint density at radius 2 is 2.07 bits per heavy atom. The molecule has 0 aromatic heterocycles. The summed E-state index contributed by atoms with van der Waals surface area (Å²) < 4.78 is 11.1. The average Bonchev–Trinajstić information content (AvgIpc) is 2.74. The molecule has 0 radical (unpaired) electrons. The zero-order valence-electron chi connectivity index (χ0n) is 16.2. The maximum absolute atomic E-state index is 12.4. The minimum atomic E-state index is -0.158. The fourth-order valence-corrected chi connectivity index (χ4v) is 3.56. The number of unbranched alkanes of at least 4 members (excludes halogenated alkanes) is 1. The first-order chi connectivity index (χ1) is 13.7. The van der Waals surface area contributed by atoms with Crippen LogP contribution in [-0.2, 0) is 4.74 Å². The van der Waals surface area contributed by atoms with E-state index in [2.05, 4.69) is 34.5 Å². The third-order valence-electron chi connectivity index (χ3n) is 4.91. The molecule has 1 atom stereocenters. The lowest BCUT2D eigenvalue weighted by Gasteiger charge is -2.33. The van der Waals surface area contributed by atoms with Crippen molar-refractivity contribution in [3.05, 3.63) is 64.7 Å². The molecule has 1 aliphatic rings. The summed E-state index contributed by atoms with van der Waals surface area (Å²) in [4.78, 5) is 14.8. The molecule has 2 aromatic rings. The molecule has 150 valence electrons. The van der Waals surface area contributed by atoms with Crippen LogP contribution in [0.15, 0.2) is 48.5 Å². The van der Waals surface area contributed by atoms with Crippen molar-refractivity contribution in [1.29, 1.82) is 0 Å². The van der Waals surface area contributed by atoms with E-state index >= 15 is 0 Å². The van der Waals surface area contributed by atoms with Crippen LogP contribution < -0.4 is 10.1 Å². The third kappa shape index (κ3) is 5.71. The van der Waals surface area contributed by atoms with Crippen LogP contribution >= 0.6 is 11.6 Å². The average molecular weight is 403 g/mol. The van der Waals surface area contributed by atoms with Crippen LogP contribution in [0.3, 0.4) is 0 Å². The number of rotatable bonds is 8. The molecule has 6 heteroatoms. The largest absolute Gasteiger partial charge is 0.496 e. The number of ether oxygens (including phenoxy) is 2. The van der Waals surface area contributed by atoms with Gasteiger partial charge in [-0.15, -0.1) is 0 Å².